The first kappa shape index (κ1) is 27.0. The van der Waals surface area contributed by atoms with Crippen LogP contribution in [0.5, 0.6) is 0 Å². The summed E-state index contributed by atoms with van der Waals surface area (Å²) in [7, 11) is 0.0646. The van der Waals surface area contributed by atoms with Gasteiger partial charge in [-0.1, -0.05) is 29.5 Å². The predicted octanol–water partition coefficient (Wildman–Crippen LogP) is 1.40. The molecule has 11 heteroatoms. The molecular formula is C26H25ClFN4O3S2-. The number of fused-ring (bicyclic) bond motifs is 2. The third-order valence-corrected chi connectivity index (χ3v) is 8.99. The van der Waals surface area contributed by atoms with E-state index in [9.17, 15) is 17.6 Å². The van der Waals surface area contributed by atoms with Crippen molar-refractivity contribution in [2.45, 2.75) is 11.3 Å². The highest BCUT2D eigenvalue weighted by molar-refractivity contribution is 7.92. The number of sulfonamides is 1. The van der Waals surface area contributed by atoms with Gasteiger partial charge in [0.1, 0.15) is 5.82 Å². The Balaban J connectivity index is 0.00000320. The molecule has 4 aromatic rings. The first-order valence-electron chi connectivity index (χ1n) is 11.5. The number of benzene rings is 3. The molecule has 0 spiro atoms. The maximum absolute atomic E-state index is 13.7. The summed E-state index contributed by atoms with van der Waals surface area (Å²) in [5, 5.41) is 0.466. The van der Waals surface area contributed by atoms with Crippen LogP contribution in [0.2, 0.25) is 0 Å². The fourth-order valence-electron chi connectivity index (χ4n) is 4.20. The van der Waals surface area contributed by atoms with E-state index in [2.05, 4.69) is 4.98 Å². The number of halogens is 2. The zero-order valence-electron chi connectivity index (χ0n) is 20.3. The maximum Gasteiger partial charge on any atom is 0.264 e. The molecule has 1 aliphatic rings. The molecule has 0 N–H and O–H groups in total. The van der Waals surface area contributed by atoms with Crippen molar-refractivity contribution in [1.82, 2.24) is 9.88 Å². The van der Waals surface area contributed by atoms with Crippen molar-refractivity contribution in [2.75, 3.05) is 42.9 Å². The van der Waals surface area contributed by atoms with Gasteiger partial charge in [-0.3, -0.25) is 14.0 Å². The van der Waals surface area contributed by atoms with Crippen LogP contribution < -0.4 is 21.6 Å². The number of nitrogens with zero attached hydrogens (tertiary/aromatic N) is 4. The summed E-state index contributed by atoms with van der Waals surface area (Å²) in [5.41, 5.74) is 2.66. The van der Waals surface area contributed by atoms with Crippen LogP contribution in [0, 0.1) is 5.82 Å². The summed E-state index contributed by atoms with van der Waals surface area (Å²) >= 11 is 1.24. The van der Waals surface area contributed by atoms with Gasteiger partial charge in [0.05, 0.1) is 20.8 Å². The van der Waals surface area contributed by atoms with Gasteiger partial charge < -0.3 is 17.3 Å². The number of hydrogen-bond donors (Lipinski definition) is 0. The van der Waals surface area contributed by atoms with Crippen LogP contribution in [-0.4, -0.2) is 57.9 Å². The summed E-state index contributed by atoms with van der Waals surface area (Å²) in [4.78, 5) is 21.7. The van der Waals surface area contributed by atoms with Gasteiger partial charge in [0, 0.05) is 25.2 Å². The second-order valence-corrected chi connectivity index (χ2v) is 11.7. The molecule has 0 aliphatic carbocycles. The third kappa shape index (κ3) is 5.33. The fraction of sp³-hybridized carbons (Fsp3) is 0.231. The van der Waals surface area contributed by atoms with Gasteiger partial charge in [0.2, 0.25) is 0 Å². The van der Waals surface area contributed by atoms with E-state index in [1.54, 1.807) is 11.0 Å². The molecular weight excluding hydrogens is 535 g/mol. The number of hydrogen-bond acceptors (Lipinski definition) is 6. The molecule has 0 atom stereocenters. The van der Waals surface area contributed by atoms with Crippen molar-refractivity contribution >= 4 is 48.3 Å². The number of carbonyl (C=O) groups is 1. The van der Waals surface area contributed by atoms with E-state index in [4.69, 9.17) is 0 Å². The monoisotopic (exact) mass is 559 g/mol. The first-order chi connectivity index (χ1) is 17.2. The number of para-hydroxylation sites is 1. The van der Waals surface area contributed by atoms with Crippen LogP contribution in [0.15, 0.2) is 71.6 Å². The molecule has 1 aliphatic heterocycles. The minimum absolute atomic E-state index is 0. The Morgan fingerprint density at radius 2 is 1.78 bits per heavy atom. The average Bonchev–Trinajstić information content (AvgIpc) is 3.48. The molecule has 7 nitrogen and oxygen atoms in total. The van der Waals surface area contributed by atoms with E-state index >= 15 is 0 Å². The van der Waals surface area contributed by atoms with Crippen molar-refractivity contribution in [3.63, 3.8) is 0 Å². The zero-order chi connectivity index (χ0) is 25.4. The van der Waals surface area contributed by atoms with E-state index in [1.807, 2.05) is 43.3 Å². The quantitative estimate of drug-likeness (QED) is 0.342. The van der Waals surface area contributed by atoms with Gasteiger partial charge in [-0.15, -0.1) is 0 Å². The largest absolute Gasteiger partial charge is 1.00 e. The van der Waals surface area contributed by atoms with E-state index in [0.717, 1.165) is 5.56 Å². The number of anilines is 2. The Kier molecular flexibility index (Phi) is 7.84. The normalized spacial score (nSPS) is 13.0. The summed E-state index contributed by atoms with van der Waals surface area (Å²) in [6.45, 7) is 1.36. The Morgan fingerprint density at radius 3 is 2.51 bits per heavy atom. The van der Waals surface area contributed by atoms with Crippen molar-refractivity contribution < 1.29 is 30.0 Å². The number of aromatic nitrogens is 1. The zero-order valence-corrected chi connectivity index (χ0v) is 22.7. The minimum atomic E-state index is -3.75. The molecule has 2 heterocycles. The lowest BCUT2D eigenvalue weighted by molar-refractivity contribution is -0.0000178. The van der Waals surface area contributed by atoms with Crippen molar-refractivity contribution in [3.8, 4) is 0 Å². The van der Waals surface area contributed by atoms with Crippen molar-refractivity contribution in [2.24, 2.45) is 0 Å². The topological polar surface area (TPSA) is 73.8 Å². The molecule has 0 saturated carbocycles. The molecule has 0 saturated heterocycles. The second-order valence-electron chi connectivity index (χ2n) is 8.85. The van der Waals surface area contributed by atoms with Gasteiger partial charge in [0.25, 0.3) is 15.9 Å². The number of carbonyl (C=O) groups excluding carboxylic acids is 1. The molecule has 3 aromatic carbocycles. The van der Waals surface area contributed by atoms with Gasteiger partial charge in [0.15, 0.2) is 5.13 Å². The lowest BCUT2D eigenvalue weighted by atomic mass is 10.2. The highest BCUT2D eigenvalue weighted by Gasteiger charge is 2.31. The van der Waals surface area contributed by atoms with E-state index in [-0.39, 0.29) is 29.0 Å². The highest BCUT2D eigenvalue weighted by Crippen LogP contribution is 2.33. The standard InChI is InChI=1S/C26H25FN4O3S2.ClH/c1-29(2)15-16-30(26-28-22-12-9-20(27)17-24(22)35-26)25(32)19-7-10-21(11-8-19)36(33,34)31-14-13-18-5-3-4-6-23(18)31;/h3-12,17H,13-16H2,1-2H3;1H/p-1. The first-order valence-corrected chi connectivity index (χ1v) is 13.7. The lowest BCUT2D eigenvalue weighted by Crippen LogP contribution is -3.00. The molecule has 194 valence electrons. The molecule has 1 amide bonds. The third-order valence-electron chi connectivity index (χ3n) is 6.12. The Hall–Kier alpha value is -3.05. The summed E-state index contributed by atoms with van der Waals surface area (Å²) in [5.74, 6) is -0.659. The van der Waals surface area contributed by atoms with Crippen LogP contribution in [0.1, 0.15) is 15.9 Å². The number of rotatable bonds is 7. The lowest BCUT2D eigenvalue weighted by Gasteiger charge is -2.22. The average molecular weight is 560 g/mol. The maximum atomic E-state index is 13.7. The predicted molar refractivity (Wildman–Crippen MR) is 141 cm³/mol. The molecule has 0 bridgehead atoms. The fourth-order valence-corrected chi connectivity index (χ4v) is 6.71. The molecule has 5 rings (SSSR count). The highest BCUT2D eigenvalue weighted by atomic mass is 35.5. The summed E-state index contributed by atoms with van der Waals surface area (Å²) in [6, 6.07) is 17.8. The van der Waals surface area contributed by atoms with Crippen LogP contribution in [-0.2, 0) is 16.4 Å². The number of amides is 1. The Bertz CT molecular complexity index is 1540. The van der Waals surface area contributed by atoms with Crippen molar-refractivity contribution in [1.29, 1.82) is 0 Å². The van der Waals surface area contributed by atoms with Gasteiger partial charge in [-0.05, 0) is 74.6 Å². The van der Waals surface area contributed by atoms with Crippen LogP contribution in [0.3, 0.4) is 0 Å². The van der Waals surface area contributed by atoms with Gasteiger partial charge >= 0.3 is 0 Å². The van der Waals surface area contributed by atoms with Gasteiger partial charge in [-0.2, -0.15) is 0 Å². The van der Waals surface area contributed by atoms with E-state index in [1.165, 1.54) is 52.0 Å². The van der Waals surface area contributed by atoms with Crippen LogP contribution in [0.25, 0.3) is 10.2 Å². The molecule has 0 radical (unpaired) electrons. The van der Waals surface area contributed by atoms with E-state index < -0.39 is 10.0 Å². The SMILES string of the molecule is CN(C)CCN(C(=O)c1ccc(S(=O)(=O)N2CCc3ccccc32)cc1)c1nc2ccc(F)cc2s1.[Cl-]. The van der Waals surface area contributed by atoms with Crippen molar-refractivity contribution in [3.05, 3.63) is 83.7 Å². The molecule has 0 unspecified atom stereocenters. The Morgan fingerprint density at radius 1 is 1.05 bits per heavy atom. The summed E-state index contributed by atoms with van der Waals surface area (Å²) in [6.07, 6.45) is 0.666. The Labute approximate surface area is 225 Å². The molecule has 37 heavy (non-hydrogen) atoms. The molecule has 1 aromatic heterocycles. The van der Waals surface area contributed by atoms with Crippen LogP contribution in [0.4, 0.5) is 15.2 Å². The van der Waals surface area contributed by atoms with E-state index in [0.29, 0.717) is 52.7 Å². The summed E-state index contributed by atoms with van der Waals surface area (Å²) < 4.78 is 42.4. The smallest absolute Gasteiger partial charge is 0.264 e. The number of thiazole rings is 1. The molecule has 0 fully saturated rings. The minimum Gasteiger partial charge on any atom is -1.00 e. The second kappa shape index (κ2) is 10.7. The number of likely N-dealkylation sites (N-methyl/N-ethyl adjacent to an activating group) is 1. The van der Waals surface area contributed by atoms with Crippen LogP contribution >= 0.6 is 11.3 Å². The van der Waals surface area contributed by atoms with Gasteiger partial charge in [-0.25, -0.2) is 17.8 Å².